The van der Waals surface area contributed by atoms with Gasteiger partial charge in [0, 0.05) is 17.8 Å². The first-order valence-corrected chi connectivity index (χ1v) is 7.63. The molecule has 2 aromatic rings. The van der Waals surface area contributed by atoms with Crippen LogP contribution < -0.4 is 0 Å². The first-order valence-electron chi connectivity index (χ1n) is 7.63. The molecule has 3 heteroatoms. The molecular formula is C18H18FNO. The smallest absolute Gasteiger partial charge is 0.123 e. The van der Waals surface area contributed by atoms with Crippen LogP contribution in [0.1, 0.15) is 47.6 Å². The molecule has 2 aliphatic rings. The van der Waals surface area contributed by atoms with Crippen LogP contribution in [0, 0.1) is 5.82 Å². The normalized spacial score (nSPS) is 27.2. The number of aliphatic hydroxyl groups is 1. The first-order chi connectivity index (χ1) is 10.2. The quantitative estimate of drug-likeness (QED) is 0.869. The molecule has 2 aliphatic carbocycles. The highest BCUT2D eigenvalue weighted by molar-refractivity contribution is 5.42. The van der Waals surface area contributed by atoms with Crippen molar-refractivity contribution in [2.24, 2.45) is 0 Å². The molecule has 0 saturated heterocycles. The van der Waals surface area contributed by atoms with Crippen molar-refractivity contribution in [3.05, 3.63) is 64.7 Å². The van der Waals surface area contributed by atoms with Gasteiger partial charge in [-0.2, -0.15) is 0 Å². The molecule has 0 radical (unpaired) electrons. The Balaban J connectivity index is 1.82. The number of aromatic nitrogens is 1. The number of hydrogen-bond donors (Lipinski definition) is 1. The largest absolute Gasteiger partial charge is 0.384 e. The van der Waals surface area contributed by atoms with E-state index in [1.807, 2.05) is 6.07 Å². The monoisotopic (exact) mass is 283 g/mol. The van der Waals surface area contributed by atoms with E-state index >= 15 is 0 Å². The number of nitrogens with zero attached hydrogens (tertiary/aromatic N) is 1. The summed E-state index contributed by atoms with van der Waals surface area (Å²) in [7, 11) is 0. The molecular weight excluding hydrogens is 265 g/mol. The van der Waals surface area contributed by atoms with Gasteiger partial charge in [-0.05, 0) is 67.0 Å². The number of aryl methyl sites for hydroxylation is 2. The Morgan fingerprint density at radius 2 is 2.10 bits per heavy atom. The lowest BCUT2D eigenvalue weighted by atomic mass is 9.73. The fourth-order valence-corrected chi connectivity index (χ4v) is 4.09. The van der Waals surface area contributed by atoms with Crippen LogP contribution in [0.4, 0.5) is 4.39 Å². The van der Waals surface area contributed by atoms with Gasteiger partial charge < -0.3 is 5.11 Å². The number of benzene rings is 1. The van der Waals surface area contributed by atoms with Crippen LogP contribution in [-0.4, -0.2) is 10.1 Å². The van der Waals surface area contributed by atoms with Crippen molar-refractivity contribution >= 4 is 0 Å². The van der Waals surface area contributed by atoms with E-state index < -0.39 is 5.60 Å². The number of halogens is 1. The molecule has 1 N–H and O–H groups in total. The minimum atomic E-state index is -0.896. The van der Waals surface area contributed by atoms with Gasteiger partial charge >= 0.3 is 0 Å². The Bertz CT molecular complexity index is 699. The predicted octanol–water partition coefficient (Wildman–Crippen LogP) is 3.47. The molecule has 0 fully saturated rings. The van der Waals surface area contributed by atoms with E-state index in [2.05, 4.69) is 11.1 Å². The van der Waals surface area contributed by atoms with E-state index in [4.69, 9.17) is 0 Å². The summed E-state index contributed by atoms with van der Waals surface area (Å²) in [5.74, 6) is -0.200. The molecule has 0 aliphatic heterocycles. The van der Waals surface area contributed by atoms with Crippen LogP contribution in [0.25, 0.3) is 0 Å². The topological polar surface area (TPSA) is 33.1 Å². The Kier molecular flexibility index (Phi) is 2.86. The van der Waals surface area contributed by atoms with Gasteiger partial charge in [-0.15, -0.1) is 0 Å². The summed E-state index contributed by atoms with van der Waals surface area (Å²) in [4.78, 5) is 4.55. The highest BCUT2D eigenvalue weighted by atomic mass is 19.1. The molecule has 108 valence electrons. The maximum absolute atomic E-state index is 13.4. The average molecular weight is 283 g/mol. The minimum Gasteiger partial charge on any atom is -0.384 e. The molecule has 4 rings (SSSR count). The molecule has 1 aromatic carbocycles. The third-order valence-corrected chi connectivity index (χ3v) is 5.08. The van der Waals surface area contributed by atoms with Gasteiger partial charge in [-0.25, -0.2) is 4.39 Å². The third-order valence-electron chi connectivity index (χ3n) is 5.08. The van der Waals surface area contributed by atoms with E-state index in [1.165, 1.54) is 11.6 Å². The summed E-state index contributed by atoms with van der Waals surface area (Å²) < 4.78 is 13.4. The molecule has 21 heavy (non-hydrogen) atoms. The third kappa shape index (κ3) is 1.91. The number of hydrogen-bond acceptors (Lipinski definition) is 2. The summed E-state index contributed by atoms with van der Waals surface area (Å²) >= 11 is 0. The Morgan fingerprint density at radius 3 is 3.00 bits per heavy atom. The van der Waals surface area contributed by atoms with Crippen LogP contribution in [0.2, 0.25) is 0 Å². The number of rotatable bonds is 1. The Hall–Kier alpha value is -1.74. The van der Waals surface area contributed by atoms with Crippen molar-refractivity contribution in [2.45, 2.75) is 43.6 Å². The lowest BCUT2D eigenvalue weighted by Crippen LogP contribution is -2.34. The van der Waals surface area contributed by atoms with Crippen LogP contribution >= 0.6 is 0 Å². The highest BCUT2D eigenvalue weighted by Gasteiger charge is 2.46. The second kappa shape index (κ2) is 4.63. The molecule has 1 heterocycles. The lowest BCUT2D eigenvalue weighted by molar-refractivity contribution is 0.00171. The van der Waals surface area contributed by atoms with Crippen molar-refractivity contribution in [1.29, 1.82) is 0 Å². The molecule has 2 nitrogen and oxygen atoms in total. The van der Waals surface area contributed by atoms with E-state index in [1.54, 1.807) is 18.3 Å². The summed E-state index contributed by atoms with van der Waals surface area (Å²) in [5, 5.41) is 11.3. The standard InChI is InChI=1S/C18H18FNO/c19-14-6-7-15-13(11-14)8-9-18(15,21)16-5-1-3-12-4-2-10-20-17(12)16/h2,4,6-7,10-11,16,21H,1,3,5,8-9H2. The molecule has 0 saturated carbocycles. The summed E-state index contributed by atoms with van der Waals surface area (Å²) in [6.07, 6.45) is 6.25. The van der Waals surface area contributed by atoms with Crippen molar-refractivity contribution in [1.82, 2.24) is 4.98 Å². The van der Waals surface area contributed by atoms with Gasteiger partial charge in [0.2, 0.25) is 0 Å². The highest BCUT2D eigenvalue weighted by Crippen LogP contribution is 2.50. The molecule has 0 amide bonds. The van der Waals surface area contributed by atoms with Gasteiger partial charge in [0.1, 0.15) is 5.82 Å². The first kappa shape index (κ1) is 13.0. The van der Waals surface area contributed by atoms with Crippen LogP contribution in [0.15, 0.2) is 36.5 Å². The molecule has 0 spiro atoms. The Morgan fingerprint density at radius 1 is 1.19 bits per heavy atom. The van der Waals surface area contributed by atoms with Crippen LogP contribution in [-0.2, 0) is 18.4 Å². The van der Waals surface area contributed by atoms with Gasteiger partial charge in [0.05, 0.1) is 5.60 Å². The second-order valence-corrected chi connectivity index (χ2v) is 6.22. The van der Waals surface area contributed by atoms with E-state index in [-0.39, 0.29) is 11.7 Å². The second-order valence-electron chi connectivity index (χ2n) is 6.22. The lowest BCUT2D eigenvalue weighted by Gasteiger charge is -2.37. The number of fused-ring (bicyclic) bond motifs is 2. The summed E-state index contributed by atoms with van der Waals surface area (Å²) in [6.45, 7) is 0. The molecule has 2 atom stereocenters. The van der Waals surface area contributed by atoms with Crippen LogP contribution in [0.5, 0.6) is 0 Å². The molecule has 0 bridgehead atoms. The maximum Gasteiger partial charge on any atom is 0.123 e. The zero-order valence-corrected chi connectivity index (χ0v) is 11.8. The Labute approximate surface area is 123 Å². The SMILES string of the molecule is OC1(C2CCCc3cccnc32)CCc2cc(F)ccc21. The zero-order valence-electron chi connectivity index (χ0n) is 11.8. The van der Waals surface area contributed by atoms with Crippen LogP contribution in [0.3, 0.4) is 0 Å². The maximum atomic E-state index is 13.4. The summed E-state index contributed by atoms with van der Waals surface area (Å²) in [5.41, 5.74) is 3.22. The fourth-order valence-electron chi connectivity index (χ4n) is 4.09. The van der Waals surface area contributed by atoms with E-state index in [0.717, 1.165) is 42.5 Å². The van der Waals surface area contributed by atoms with Gasteiger partial charge in [0.15, 0.2) is 0 Å². The van der Waals surface area contributed by atoms with E-state index in [0.29, 0.717) is 6.42 Å². The predicted molar refractivity (Wildman–Crippen MR) is 78.5 cm³/mol. The van der Waals surface area contributed by atoms with Crippen molar-refractivity contribution in [2.75, 3.05) is 0 Å². The van der Waals surface area contributed by atoms with Crippen molar-refractivity contribution in [3.63, 3.8) is 0 Å². The van der Waals surface area contributed by atoms with Crippen molar-refractivity contribution < 1.29 is 9.50 Å². The van der Waals surface area contributed by atoms with E-state index in [9.17, 15) is 9.50 Å². The molecule has 1 aromatic heterocycles. The fraction of sp³-hybridized carbons (Fsp3) is 0.389. The average Bonchev–Trinajstić information content (AvgIpc) is 2.84. The number of pyridine rings is 1. The van der Waals surface area contributed by atoms with Gasteiger partial charge in [-0.3, -0.25) is 4.98 Å². The minimum absolute atomic E-state index is 0.0224. The van der Waals surface area contributed by atoms with Gasteiger partial charge in [-0.1, -0.05) is 12.1 Å². The zero-order chi connectivity index (χ0) is 14.4. The molecule has 2 unspecified atom stereocenters. The van der Waals surface area contributed by atoms with Gasteiger partial charge in [0.25, 0.3) is 0 Å². The van der Waals surface area contributed by atoms with Crippen molar-refractivity contribution in [3.8, 4) is 0 Å². The summed E-state index contributed by atoms with van der Waals surface area (Å²) in [6, 6.07) is 8.85.